The quantitative estimate of drug-likeness (QED) is 0.776. The third-order valence-electron chi connectivity index (χ3n) is 3.76. The molecule has 0 spiro atoms. The van der Waals surface area contributed by atoms with Crippen LogP contribution in [-0.4, -0.2) is 33.3 Å². The van der Waals surface area contributed by atoms with Crippen LogP contribution < -0.4 is 5.32 Å². The molecule has 1 aromatic rings. The van der Waals surface area contributed by atoms with E-state index < -0.39 is 5.97 Å². The van der Waals surface area contributed by atoms with E-state index in [-0.39, 0.29) is 17.8 Å². The number of nitrogens with one attached hydrogen (secondary N) is 1. The highest BCUT2D eigenvalue weighted by molar-refractivity contribution is 5.85. The minimum absolute atomic E-state index is 0.0157. The van der Waals surface area contributed by atoms with Crippen molar-refractivity contribution in [2.75, 3.05) is 11.9 Å². The largest absolute Gasteiger partial charge is 0.477 e. The summed E-state index contributed by atoms with van der Waals surface area (Å²) in [7, 11) is 0. The van der Waals surface area contributed by atoms with Crippen molar-refractivity contribution in [3.05, 3.63) is 23.9 Å². The van der Waals surface area contributed by atoms with Gasteiger partial charge in [0.25, 0.3) is 0 Å². The molecule has 2 rings (SSSR count). The molecule has 1 saturated carbocycles. The number of hydrogen-bond acceptors (Lipinski definition) is 4. The van der Waals surface area contributed by atoms with Crippen molar-refractivity contribution in [2.45, 2.75) is 38.1 Å². The highest BCUT2D eigenvalue weighted by Gasteiger charge is 2.34. The standard InChI is InChI=1S/C14H20N2O3/c1-10-4-3-7-14(8-10,9-17)16-12-6-2-5-11(15-12)13(18)19/h2,5-6,10,17H,3-4,7-9H2,1H3,(H,15,16)(H,18,19). The Labute approximate surface area is 112 Å². The second-order valence-electron chi connectivity index (χ2n) is 5.48. The summed E-state index contributed by atoms with van der Waals surface area (Å²) in [5, 5.41) is 21.9. The first-order valence-electron chi connectivity index (χ1n) is 6.64. The minimum atomic E-state index is -1.04. The predicted molar refractivity (Wildman–Crippen MR) is 72.3 cm³/mol. The summed E-state index contributed by atoms with van der Waals surface area (Å²) in [5.74, 6) is 0.0258. The zero-order valence-electron chi connectivity index (χ0n) is 11.1. The Bertz CT molecular complexity index is 464. The molecule has 5 heteroatoms. The number of nitrogens with zero attached hydrogens (tertiary/aromatic N) is 1. The van der Waals surface area contributed by atoms with Gasteiger partial charge in [0.2, 0.25) is 0 Å². The SMILES string of the molecule is CC1CCCC(CO)(Nc2cccc(C(=O)O)n2)C1. The van der Waals surface area contributed by atoms with Crippen LogP contribution in [0.25, 0.3) is 0 Å². The number of anilines is 1. The zero-order chi connectivity index (χ0) is 13.9. The van der Waals surface area contributed by atoms with E-state index in [1.807, 2.05) is 0 Å². The summed E-state index contributed by atoms with van der Waals surface area (Å²) in [6.45, 7) is 2.21. The van der Waals surface area contributed by atoms with Gasteiger partial charge in [-0.1, -0.05) is 25.8 Å². The van der Waals surface area contributed by atoms with Crippen molar-refractivity contribution < 1.29 is 15.0 Å². The maximum atomic E-state index is 10.9. The van der Waals surface area contributed by atoms with Gasteiger partial charge in [-0.25, -0.2) is 9.78 Å². The van der Waals surface area contributed by atoms with Crippen LogP contribution in [0.1, 0.15) is 43.1 Å². The zero-order valence-corrected chi connectivity index (χ0v) is 11.1. The van der Waals surface area contributed by atoms with Gasteiger partial charge in [0.05, 0.1) is 12.1 Å². The molecule has 1 aliphatic carbocycles. The molecule has 2 unspecified atom stereocenters. The highest BCUT2D eigenvalue weighted by Crippen LogP contribution is 2.34. The number of carboxylic acids is 1. The minimum Gasteiger partial charge on any atom is -0.477 e. The fourth-order valence-corrected chi connectivity index (χ4v) is 2.85. The van der Waals surface area contributed by atoms with Gasteiger partial charge in [-0.3, -0.25) is 0 Å². The number of carboxylic acid groups (broad SMARTS) is 1. The Balaban J connectivity index is 2.18. The molecule has 0 radical (unpaired) electrons. The van der Waals surface area contributed by atoms with Gasteiger partial charge in [-0.05, 0) is 30.9 Å². The third kappa shape index (κ3) is 3.23. The van der Waals surface area contributed by atoms with E-state index in [2.05, 4.69) is 17.2 Å². The van der Waals surface area contributed by atoms with Crippen LogP contribution in [0, 0.1) is 5.92 Å². The van der Waals surface area contributed by atoms with Crippen molar-refractivity contribution in [3.8, 4) is 0 Å². The van der Waals surface area contributed by atoms with E-state index in [0.717, 1.165) is 19.3 Å². The number of aromatic carboxylic acids is 1. The molecule has 19 heavy (non-hydrogen) atoms. The smallest absolute Gasteiger partial charge is 0.354 e. The second-order valence-corrected chi connectivity index (χ2v) is 5.48. The lowest BCUT2D eigenvalue weighted by Crippen LogP contribution is -2.46. The summed E-state index contributed by atoms with van der Waals surface area (Å²) in [5.41, 5.74) is -0.358. The fourth-order valence-electron chi connectivity index (χ4n) is 2.85. The molecular weight excluding hydrogens is 244 g/mol. The fraction of sp³-hybridized carbons (Fsp3) is 0.571. The van der Waals surface area contributed by atoms with Crippen LogP contribution in [0.2, 0.25) is 0 Å². The van der Waals surface area contributed by atoms with Gasteiger partial charge in [0.15, 0.2) is 5.69 Å². The average Bonchev–Trinajstić information content (AvgIpc) is 2.39. The lowest BCUT2D eigenvalue weighted by Gasteiger charge is -2.39. The molecule has 3 N–H and O–H groups in total. The number of carbonyl (C=O) groups is 1. The average molecular weight is 264 g/mol. The lowest BCUT2D eigenvalue weighted by molar-refractivity contribution is 0.0690. The second kappa shape index (κ2) is 5.57. The summed E-state index contributed by atoms with van der Waals surface area (Å²) in [6, 6.07) is 4.86. The van der Waals surface area contributed by atoms with Crippen molar-refractivity contribution >= 4 is 11.8 Å². The maximum Gasteiger partial charge on any atom is 0.354 e. The van der Waals surface area contributed by atoms with E-state index in [1.54, 1.807) is 12.1 Å². The third-order valence-corrected chi connectivity index (χ3v) is 3.76. The van der Waals surface area contributed by atoms with Crippen LogP contribution in [0.15, 0.2) is 18.2 Å². The molecule has 2 atom stereocenters. The van der Waals surface area contributed by atoms with E-state index in [4.69, 9.17) is 5.11 Å². The number of aliphatic hydroxyl groups is 1. The van der Waals surface area contributed by atoms with Crippen molar-refractivity contribution in [3.63, 3.8) is 0 Å². The normalized spacial score (nSPS) is 26.9. The van der Waals surface area contributed by atoms with Crippen molar-refractivity contribution in [1.82, 2.24) is 4.98 Å². The summed E-state index contributed by atoms with van der Waals surface area (Å²) in [6.07, 6.45) is 3.99. The Morgan fingerprint density at radius 2 is 2.37 bits per heavy atom. The summed E-state index contributed by atoms with van der Waals surface area (Å²) < 4.78 is 0. The van der Waals surface area contributed by atoms with Crippen LogP contribution in [0.5, 0.6) is 0 Å². The Morgan fingerprint density at radius 1 is 1.58 bits per heavy atom. The van der Waals surface area contributed by atoms with Crippen LogP contribution in [0.4, 0.5) is 5.82 Å². The highest BCUT2D eigenvalue weighted by atomic mass is 16.4. The summed E-state index contributed by atoms with van der Waals surface area (Å²) >= 11 is 0. The molecule has 0 amide bonds. The Morgan fingerprint density at radius 3 is 3.00 bits per heavy atom. The maximum absolute atomic E-state index is 10.9. The van der Waals surface area contributed by atoms with Crippen LogP contribution in [-0.2, 0) is 0 Å². The summed E-state index contributed by atoms with van der Waals surface area (Å²) in [4.78, 5) is 15.0. The van der Waals surface area contributed by atoms with Crippen molar-refractivity contribution in [1.29, 1.82) is 0 Å². The first kappa shape index (κ1) is 13.8. The van der Waals surface area contributed by atoms with Gasteiger partial charge in [-0.15, -0.1) is 0 Å². The molecule has 1 aromatic heterocycles. The monoisotopic (exact) mass is 264 g/mol. The lowest BCUT2D eigenvalue weighted by atomic mass is 9.77. The van der Waals surface area contributed by atoms with E-state index >= 15 is 0 Å². The van der Waals surface area contributed by atoms with E-state index in [0.29, 0.717) is 11.7 Å². The van der Waals surface area contributed by atoms with Gasteiger partial charge in [-0.2, -0.15) is 0 Å². The molecule has 0 aromatic carbocycles. The number of pyridine rings is 1. The molecule has 0 bridgehead atoms. The predicted octanol–water partition coefficient (Wildman–Crippen LogP) is 2.13. The van der Waals surface area contributed by atoms with E-state index in [9.17, 15) is 9.90 Å². The Hall–Kier alpha value is -1.62. The van der Waals surface area contributed by atoms with Gasteiger partial charge < -0.3 is 15.5 Å². The van der Waals surface area contributed by atoms with Crippen molar-refractivity contribution in [2.24, 2.45) is 5.92 Å². The number of rotatable bonds is 4. The molecule has 1 fully saturated rings. The van der Waals surface area contributed by atoms with Gasteiger partial charge in [0.1, 0.15) is 5.82 Å². The van der Waals surface area contributed by atoms with E-state index in [1.165, 1.54) is 12.5 Å². The molecule has 1 aliphatic rings. The molecule has 0 saturated heterocycles. The van der Waals surface area contributed by atoms with Gasteiger partial charge >= 0.3 is 5.97 Å². The molecule has 104 valence electrons. The van der Waals surface area contributed by atoms with Crippen LogP contribution in [0.3, 0.4) is 0 Å². The molecule has 1 heterocycles. The number of aromatic nitrogens is 1. The number of aliphatic hydroxyl groups excluding tert-OH is 1. The number of hydrogen-bond donors (Lipinski definition) is 3. The first-order valence-corrected chi connectivity index (χ1v) is 6.64. The topological polar surface area (TPSA) is 82.5 Å². The van der Waals surface area contributed by atoms with Gasteiger partial charge in [0, 0.05) is 0 Å². The molecule has 0 aliphatic heterocycles. The van der Waals surface area contributed by atoms with Crippen LogP contribution >= 0.6 is 0 Å². The Kier molecular flexibility index (Phi) is 4.04. The molecular formula is C14H20N2O3. The first-order chi connectivity index (χ1) is 9.04. The molecule has 5 nitrogen and oxygen atoms in total.